The summed E-state index contributed by atoms with van der Waals surface area (Å²) in [5.41, 5.74) is 0.426. The van der Waals surface area contributed by atoms with Crippen LogP contribution >= 0.6 is 0 Å². The minimum atomic E-state index is 0.283. The van der Waals surface area contributed by atoms with Gasteiger partial charge in [-0.15, -0.1) is 0 Å². The van der Waals surface area contributed by atoms with Gasteiger partial charge in [-0.2, -0.15) is 0 Å². The summed E-state index contributed by atoms with van der Waals surface area (Å²) in [5.74, 6) is 3.18. The van der Waals surface area contributed by atoms with Crippen LogP contribution in [0.25, 0.3) is 0 Å². The summed E-state index contributed by atoms with van der Waals surface area (Å²) in [7, 11) is 1.99. The monoisotopic (exact) mass is 234 g/mol. The van der Waals surface area contributed by atoms with Crippen LogP contribution in [0, 0.1) is 23.2 Å². The Morgan fingerprint density at radius 2 is 1.65 bits per heavy atom. The Kier molecular flexibility index (Phi) is 1.98. The van der Waals surface area contributed by atoms with Crippen LogP contribution in [0.1, 0.15) is 38.5 Å². The van der Waals surface area contributed by atoms with Gasteiger partial charge in [0.1, 0.15) is 0 Å². The molecule has 1 amide bonds. The first-order valence-electron chi connectivity index (χ1n) is 7.15. The summed E-state index contributed by atoms with van der Waals surface area (Å²) in [6.07, 6.45) is 8.87. The molecule has 5 aliphatic rings. The van der Waals surface area contributed by atoms with Gasteiger partial charge < -0.3 is 4.90 Å². The Labute approximate surface area is 103 Å². The number of carbonyl (C=O) groups is 1. The molecule has 0 radical (unpaired) electrons. The predicted octanol–water partition coefficient (Wildman–Crippen LogP) is 1.59. The number of carbonyl (C=O) groups excluding carboxylic acids is 1. The van der Waals surface area contributed by atoms with E-state index in [1.54, 1.807) is 0 Å². The van der Waals surface area contributed by atoms with E-state index in [0.29, 0.717) is 18.1 Å². The van der Waals surface area contributed by atoms with E-state index in [9.17, 15) is 4.79 Å². The molecule has 4 aliphatic carbocycles. The van der Waals surface area contributed by atoms with E-state index in [0.717, 1.165) is 17.8 Å². The van der Waals surface area contributed by atoms with Gasteiger partial charge in [0.25, 0.3) is 0 Å². The third-order valence-corrected chi connectivity index (χ3v) is 5.89. The van der Waals surface area contributed by atoms with Crippen molar-refractivity contribution in [3.63, 3.8) is 0 Å². The fraction of sp³-hybridized carbons (Fsp3) is 0.929. The number of hydrogen-bond donors (Lipinski definition) is 1. The van der Waals surface area contributed by atoms with E-state index in [1.165, 1.54) is 38.5 Å². The molecule has 94 valence electrons. The lowest BCUT2D eigenvalue weighted by molar-refractivity contribution is -0.134. The average Bonchev–Trinajstić information content (AvgIpc) is 2.58. The normalized spacial score (nSPS) is 52.5. The van der Waals surface area contributed by atoms with Crippen LogP contribution in [0.4, 0.5) is 0 Å². The van der Waals surface area contributed by atoms with Gasteiger partial charge in [0.05, 0.1) is 12.7 Å². The van der Waals surface area contributed by atoms with E-state index in [2.05, 4.69) is 5.32 Å². The van der Waals surface area contributed by atoms with E-state index < -0.39 is 0 Å². The largest absolute Gasteiger partial charge is 0.329 e. The second kappa shape index (κ2) is 3.25. The molecule has 4 bridgehead atoms. The lowest BCUT2D eigenvalue weighted by atomic mass is 9.48. The van der Waals surface area contributed by atoms with Crippen LogP contribution in [0.5, 0.6) is 0 Å². The Morgan fingerprint density at radius 3 is 2.06 bits per heavy atom. The lowest BCUT2D eigenvalue weighted by Gasteiger charge is -2.59. The molecule has 0 aromatic rings. The van der Waals surface area contributed by atoms with Crippen LogP contribution in [0.3, 0.4) is 0 Å². The molecule has 0 aromatic carbocycles. The standard InChI is InChI=1S/C14H22N2O/c1-16-12(17)8-15-13(16)14-5-9-2-10(6-14)4-11(3-9)7-14/h9-11,13,15H,2-8H2,1H3/t9?,10?,11?,13-,14?/m0/s1. The Hall–Kier alpha value is -0.570. The van der Waals surface area contributed by atoms with Crippen molar-refractivity contribution in [3.8, 4) is 0 Å². The van der Waals surface area contributed by atoms with Gasteiger partial charge in [-0.05, 0) is 56.3 Å². The van der Waals surface area contributed by atoms with Gasteiger partial charge >= 0.3 is 0 Å². The van der Waals surface area contributed by atoms with Gasteiger partial charge in [0, 0.05) is 12.5 Å². The molecule has 1 atom stereocenters. The zero-order chi connectivity index (χ0) is 11.6. The van der Waals surface area contributed by atoms with Crippen molar-refractivity contribution >= 4 is 5.91 Å². The first-order chi connectivity index (χ1) is 8.16. The Morgan fingerprint density at radius 1 is 1.12 bits per heavy atom. The molecule has 4 saturated carbocycles. The van der Waals surface area contributed by atoms with Crippen molar-refractivity contribution in [2.45, 2.75) is 44.7 Å². The molecule has 3 heteroatoms. The van der Waals surface area contributed by atoms with Crippen molar-refractivity contribution < 1.29 is 4.79 Å². The Bertz CT molecular complexity index is 330. The zero-order valence-corrected chi connectivity index (χ0v) is 10.6. The number of nitrogens with one attached hydrogen (secondary N) is 1. The summed E-state index contributed by atoms with van der Waals surface area (Å²) >= 11 is 0. The van der Waals surface area contributed by atoms with Crippen molar-refractivity contribution in [1.82, 2.24) is 10.2 Å². The highest BCUT2D eigenvalue weighted by molar-refractivity contribution is 5.80. The summed E-state index contributed by atoms with van der Waals surface area (Å²) < 4.78 is 0. The molecular weight excluding hydrogens is 212 g/mol. The fourth-order valence-corrected chi connectivity index (χ4v) is 5.73. The number of nitrogens with zero attached hydrogens (tertiary/aromatic N) is 1. The van der Waals surface area contributed by atoms with Crippen LogP contribution in [-0.2, 0) is 4.79 Å². The first-order valence-corrected chi connectivity index (χ1v) is 7.15. The third kappa shape index (κ3) is 1.35. The molecule has 0 unspecified atom stereocenters. The molecule has 17 heavy (non-hydrogen) atoms. The molecule has 0 aromatic heterocycles. The quantitative estimate of drug-likeness (QED) is 0.747. The highest BCUT2D eigenvalue weighted by Gasteiger charge is 2.56. The van der Waals surface area contributed by atoms with Crippen molar-refractivity contribution in [2.24, 2.45) is 23.2 Å². The highest BCUT2D eigenvalue weighted by Crippen LogP contribution is 2.61. The molecule has 1 aliphatic heterocycles. The number of hydrogen-bond acceptors (Lipinski definition) is 2. The SMILES string of the molecule is CN1C(=O)CN[C@@H]1C12CC3CC(CC(C3)C1)C2. The van der Waals surface area contributed by atoms with Gasteiger partial charge in [0.2, 0.25) is 5.91 Å². The van der Waals surface area contributed by atoms with E-state index in [1.807, 2.05) is 11.9 Å². The topological polar surface area (TPSA) is 32.3 Å². The lowest BCUT2D eigenvalue weighted by Crippen LogP contribution is -2.58. The molecule has 5 rings (SSSR count). The van der Waals surface area contributed by atoms with Crippen LogP contribution < -0.4 is 5.32 Å². The molecule has 1 N–H and O–H groups in total. The van der Waals surface area contributed by atoms with Crippen LogP contribution in [0.2, 0.25) is 0 Å². The molecule has 1 heterocycles. The van der Waals surface area contributed by atoms with Crippen molar-refractivity contribution in [3.05, 3.63) is 0 Å². The van der Waals surface area contributed by atoms with E-state index in [-0.39, 0.29) is 5.91 Å². The Balaban J connectivity index is 1.66. The van der Waals surface area contributed by atoms with Gasteiger partial charge in [-0.3, -0.25) is 10.1 Å². The first kappa shape index (κ1) is 10.4. The highest BCUT2D eigenvalue weighted by atomic mass is 16.2. The number of amides is 1. The van der Waals surface area contributed by atoms with E-state index in [4.69, 9.17) is 0 Å². The molecule has 1 saturated heterocycles. The second-order valence-corrected chi connectivity index (χ2v) is 7.07. The zero-order valence-electron chi connectivity index (χ0n) is 10.6. The van der Waals surface area contributed by atoms with Crippen LogP contribution in [0.15, 0.2) is 0 Å². The molecule has 3 nitrogen and oxygen atoms in total. The summed E-state index contributed by atoms with van der Waals surface area (Å²) in [6.45, 7) is 0.558. The molecule has 5 fully saturated rings. The summed E-state index contributed by atoms with van der Waals surface area (Å²) in [6, 6.07) is 0. The summed E-state index contributed by atoms with van der Waals surface area (Å²) in [4.78, 5) is 13.7. The van der Waals surface area contributed by atoms with Gasteiger partial charge in [-0.1, -0.05) is 0 Å². The predicted molar refractivity (Wildman–Crippen MR) is 65.2 cm³/mol. The summed E-state index contributed by atoms with van der Waals surface area (Å²) in [5, 5.41) is 3.49. The third-order valence-electron chi connectivity index (χ3n) is 5.89. The second-order valence-electron chi connectivity index (χ2n) is 7.07. The van der Waals surface area contributed by atoms with E-state index >= 15 is 0 Å². The smallest absolute Gasteiger partial charge is 0.237 e. The average molecular weight is 234 g/mol. The minimum absolute atomic E-state index is 0.283. The number of rotatable bonds is 1. The van der Waals surface area contributed by atoms with Crippen LogP contribution in [-0.4, -0.2) is 30.6 Å². The maximum absolute atomic E-state index is 11.7. The van der Waals surface area contributed by atoms with Gasteiger partial charge in [0.15, 0.2) is 0 Å². The van der Waals surface area contributed by atoms with Crippen molar-refractivity contribution in [2.75, 3.05) is 13.6 Å². The minimum Gasteiger partial charge on any atom is -0.329 e. The maximum atomic E-state index is 11.7. The van der Waals surface area contributed by atoms with Gasteiger partial charge in [-0.25, -0.2) is 0 Å². The fourth-order valence-electron chi connectivity index (χ4n) is 5.73. The number of likely N-dealkylation sites (N-methyl/N-ethyl adjacent to an activating group) is 1. The van der Waals surface area contributed by atoms with Crippen molar-refractivity contribution in [1.29, 1.82) is 0 Å². The molecule has 0 spiro atoms. The molecular formula is C14H22N2O. The maximum Gasteiger partial charge on any atom is 0.237 e.